The molecule has 12 heavy (non-hydrogen) atoms. The molecular weight excluding hydrogens is 168 g/mol. The van der Waals surface area contributed by atoms with Crippen LogP contribution in [0.15, 0.2) is 11.4 Å². The van der Waals surface area contributed by atoms with E-state index in [9.17, 15) is 0 Å². The Hall–Kier alpha value is -0.850. The third kappa shape index (κ3) is 2.07. The number of nitrogens with zero attached hydrogens (tertiary/aromatic N) is 1. The number of rotatable bonds is 3. The van der Waals surface area contributed by atoms with Crippen molar-refractivity contribution in [1.29, 1.82) is 5.26 Å². The lowest BCUT2D eigenvalue weighted by Gasteiger charge is -2.03. The first kappa shape index (κ1) is 9.24. The first-order valence-electron chi connectivity index (χ1n) is 3.97. The van der Waals surface area contributed by atoms with Crippen LogP contribution in [0.4, 0.5) is 0 Å². The number of thiophene rings is 1. The fourth-order valence-corrected chi connectivity index (χ4v) is 1.88. The van der Waals surface area contributed by atoms with Gasteiger partial charge in [0.2, 0.25) is 0 Å². The molecule has 2 nitrogen and oxygen atoms in total. The van der Waals surface area contributed by atoms with Gasteiger partial charge in [-0.15, -0.1) is 11.3 Å². The lowest BCUT2D eigenvalue weighted by Crippen LogP contribution is -2.06. The van der Waals surface area contributed by atoms with Gasteiger partial charge < -0.3 is 5.73 Å². The Morgan fingerprint density at radius 3 is 3.08 bits per heavy atom. The molecule has 0 aromatic carbocycles. The molecule has 2 N–H and O–H groups in total. The highest BCUT2D eigenvalue weighted by Crippen LogP contribution is 2.21. The third-order valence-electron chi connectivity index (χ3n) is 1.80. The number of nitrogens with two attached hydrogens (primary N) is 1. The fourth-order valence-electron chi connectivity index (χ4n) is 0.998. The maximum atomic E-state index is 8.45. The molecule has 0 saturated carbocycles. The monoisotopic (exact) mass is 180 g/mol. The normalized spacial score (nSPS) is 12.4. The summed E-state index contributed by atoms with van der Waals surface area (Å²) in [4.78, 5) is 1.11. The highest BCUT2D eigenvalue weighted by molar-refractivity contribution is 7.10. The van der Waals surface area contributed by atoms with E-state index in [-0.39, 0.29) is 6.04 Å². The van der Waals surface area contributed by atoms with E-state index in [4.69, 9.17) is 11.0 Å². The Balaban J connectivity index is 2.71. The van der Waals surface area contributed by atoms with Crippen molar-refractivity contribution >= 4 is 11.3 Å². The summed E-state index contributed by atoms with van der Waals surface area (Å²) in [5.41, 5.74) is 6.99. The van der Waals surface area contributed by atoms with Crippen LogP contribution in [-0.2, 0) is 6.42 Å². The summed E-state index contributed by atoms with van der Waals surface area (Å²) in [7, 11) is 0. The largest absolute Gasteiger partial charge is 0.324 e. The smallest absolute Gasteiger partial charge is 0.0695 e. The van der Waals surface area contributed by atoms with Crippen LogP contribution in [0.25, 0.3) is 0 Å². The molecule has 1 atom stereocenters. The Kier molecular flexibility index (Phi) is 3.27. The van der Waals surface area contributed by atoms with Gasteiger partial charge in [-0.25, -0.2) is 0 Å². The van der Waals surface area contributed by atoms with Crippen LogP contribution in [0.1, 0.15) is 29.8 Å². The highest BCUT2D eigenvalue weighted by atomic mass is 32.1. The first-order valence-corrected chi connectivity index (χ1v) is 4.85. The molecule has 0 fully saturated rings. The van der Waals surface area contributed by atoms with E-state index >= 15 is 0 Å². The van der Waals surface area contributed by atoms with E-state index in [1.807, 2.05) is 11.4 Å². The summed E-state index contributed by atoms with van der Waals surface area (Å²) in [6.07, 6.45) is 1.45. The maximum absolute atomic E-state index is 8.45. The predicted molar refractivity (Wildman–Crippen MR) is 50.9 cm³/mol. The fraction of sp³-hybridized carbons (Fsp3) is 0.444. The topological polar surface area (TPSA) is 49.8 Å². The van der Waals surface area contributed by atoms with Crippen molar-refractivity contribution in [2.45, 2.75) is 25.8 Å². The summed E-state index contributed by atoms with van der Waals surface area (Å²) in [6.45, 7) is 2.06. The molecule has 0 saturated heterocycles. The third-order valence-corrected chi connectivity index (χ3v) is 2.75. The SMILES string of the molecule is CC[C@H](N)c1csc(CC#N)c1. The molecule has 3 heteroatoms. The van der Waals surface area contributed by atoms with Gasteiger partial charge in [0, 0.05) is 10.9 Å². The van der Waals surface area contributed by atoms with E-state index in [0.717, 1.165) is 16.9 Å². The Morgan fingerprint density at radius 2 is 2.50 bits per heavy atom. The van der Waals surface area contributed by atoms with Gasteiger partial charge in [0.25, 0.3) is 0 Å². The van der Waals surface area contributed by atoms with Crippen LogP contribution in [0.2, 0.25) is 0 Å². The van der Waals surface area contributed by atoms with Gasteiger partial charge in [0.1, 0.15) is 0 Å². The molecule has 64 valence electrons. The second-order valence-corrected chi connectivity index (χ2v) is 3.69. The Bertz CT molecular complexity index is 285. The Labute approximate surface area is 76.6 Å². The number of nitriles is 1. The van der Waals surface area contributed by atoms with Crippen LogP contribution in [0.5, 0.6) is 0 Å². The number of hydrogen-bond acceptors (Lipinski definition) is 3. The lowest BCUT2D eigenvalue weighted by molar-refractivity contribution is 0.701. The van der Waals surface area contributed by atoms with Crippen molar-refractivity contribution in [3.63, 3.8) is 0 Å². The van der Waals surface area contributed by atoms with Gasteiger partial charge in [-0.2, -0.15) is 5.26 Å². The van der Waals surface area contributed by atoms with Crippen LogP contribution >= 0.6 is 11.3 Å². The van der Waals surface area contributed by atoms with Crippen molar-refractivity contribution in [1.82, 2.24) is 0 Å². The second kappa shape index (κ2) is 4.24. The Morgan fingerprint density at radius 1 is 1.75 bits per heavy atom. The summed E-state index contributed by atoms with van der Waals surface area (Å²) in [5, 5.41) is 10.5. The maximum Gasteiger partial charge on any atom is 0.0695 e. The molecular formula is C9H12N2S. The van der Waals surface area contributed by atoms with Gasteiger partial charge in [0.15, 0.2) is 0 Å². The van der Waals surface area contributed by atoms with Gasteiger partial charge in [-0.1, -0.05) is 6.92 Å². The molecule has 0 aliphatic heterocycles. The van der Waals surface area contributed by atoms with Gasteiger partial charge >= 0.3 is 0 Å². The molecule has 0 unspecified atom stereocenters. The molecule has 1 rings (SSSR count). The molecule has 1 aromatic heterocycles. The van der Waals surface area contributed by atoms with E-state index < -0.39 is 0 Å². The molecule has 0 bridgehead atoms. The zero-order valence-corrected chi connectivity index (χ0v) is 7.90. The zero-order chi connectivity index (χ0) is 8.97. The molecule has 0 aliphatic carbocycles. The molecule has 0 spiro atoms. The summed E-state index contributed by atoms with van der Waals surface area (Å²) in [6, 6.07) is 4.29. The van der Waals surface area contributed by atoms with Gasteiger partial charge in [-0.05, 0) is 23.4 Å². The average Bonchev–Trinajstić information content (AvgIpc) is 2.52. The van der Waals surface area contributed by atoms with E-state index in [0.29, 0.717) is 6.42 Å². The van der Waals surface area contributed by atoms with Gasteiger partial charge in [0.05, 0.1) is 12.5 Å². The second-order valence-electron chi connectivity index (χ2n) is 2.70. The van der Waals surface area contributed by atoms with Crippen LogP contribution < -0.4 is 5.73 Å². The van der Waals surface area contributed by atoms with Crippen molar-refractivity contribution in [2.75, 3.05) is 0 Å². The number of hydrogen-bond donors (Lipinski definition) is 1. The molecule has 1 aromatic rings. The van der Waals surface area contributed by atoms with E-state index in [1.54, 1.807) is 11.3 Å². The predicted octanol–water partition coefficient (Wildman–Crippen LogP) is 2.22. The standard InChI is InChI=1S/C9H12N2S/c1-2-9(11)7-5-8(3-4-10)12-6-7/h5-6,9H,2-3,11H2,1H3/t9-/m0/s1. The summed E-state index contributed by atoms with van der Waals surface area (Å²) < 4.78 is 0. The summed E-state index contributed by atoms with van der Waals surface area (Å²) >= 11 is 1.62. The lowest BCUT2D eigenvalue weighted by atomic mass is 10.1. The molecule has 0 amide bonds. The minimum atomic E-state index is 0.133. The molecule has 0 radical (unpaired) electrons. The van der Waals surface area contributed by atoms with Crippen LogP contribution in [-0.4, -0.2) is 0 Å². The van der Waals surface area contributed by atoms with E-state index in [2.05, 4.69) is 13.0 Å². The summed E-state index contributed by atoms with van der Waals surface area (Å²) in [5.74, 6) is 0. The van der Waals surface area contributed by atoms with E-state index in [1.165, 1.54) is 0 Å². The zero-order valence-electron chi connectivity index (χ0n) is 7.08. The minimum Gasteiger partial charge on any atom is -0.324 e. The highest BCUT2D eigenvalue weighted by Gasteiger charge is 2.05. The van der Waals surface area contributed by atoms with Crippen molar-refractivity contribution in [3.05, 3.63) is 21.9 Å². The van der Waals surface area contributed by atoms with Crippen LogP contribution in [0, 0.1) is 11.3 Å². The first-order chi connectivity index (χ1) is 5.77. The average molecular weight is 180 g/mol. The molecule has 1 heterocycles. The quantitative estimate of drug-likeness (QED) is 0.775. The van der Waals surface area contributed by atoms with Gasteiger partial charge in [-0.3, -0.25) is 0 Å². The van der Waals surface area contributed by atoms with Crippen molar-refractivity contribution < 1.29 is 0 Å². The molecule has 0 aliphatic rings. The van der Waals surface area contributed by atoms with Crippen molar-refractivity contribution in [2.24, 2.45) is 5.73 Å². The minimum absolute atomic E-state index is 0.133. The van der Waals surface area contributed by atoms with Crippen molar-refractivity contribution in [3.8, 4) is 6.07 Å². The van der Waals surface area contributed by atoms with Crippen LogP contribution in [0.3, 0.4) is 0 Å².